The van der Waals surface area contributed by atoms with Crippen LogP contribution in [0.1, 0.15) is 21.9 Å². The first-order valence-electron chi connectivity index (χ1n) is 8.16. The number of methoxy groups -OCH3 is 1. The quantitative estimate of drug-likeness (QED) is 0.597. The number of furan rings is 1. The van der Waals surface area contributed by atoms with Gasteiger partial charge in [0.05, 0.1) is 27.8 Å². The lowest BCUT2D eigenvalue weighted by Gasteiger charge is -2.04. The number of rotatable bonds is 4. The van der Waals surface area contributed by atoms with Crippen LogP contribution in [0, 0.1) is 13.8 Å². The van der Waals surface area contributed by atoms with Crippen molar-refractivity contribution in [3.8, 4) is 0 Å². The minimum Gasteiger partial charge on any atom is -0.468 e. The van der Waals surface area contributed by atoms with E-state index in [-0.39, 0.29) is 16.2 Å². The summed E-state index contributed by atoms with van der Waals surface area (Å²) in [5.74, 6) is 0.0119. The first-order valence-corrected chi connectivity index (χ1v) is 10.9. The molecule has 8 nitrogen and oxygen atoms in total. The second kappa shape index (κ2) is 7.36. The number of nitrogens with zero attached hydrogens (tertiary/aromatic N) is 2. The number of amides is 1. The zero-order chi connectivity index (χ0) is 20.6. The minimum absolute atomic E-state index is 0.144. The summed E-state index contributed by atoms with van der Waals surface area (Å²) in [4.78, 5) is 29.0. The van der Waals surface area contributed by atoms with Crippen LogP contribution in [-0.2, 0) is 25.9 Å². The molecular weight excluding hydrogens is 404 g/mol. The van der Waals surface area contributed by atoms with E-state index in [2.05, 4.69) is 4.99 Å². The Morgan fingerprint density at radius 3 is 2.54 bits per heavy atom. The Hall–Kier alpha value is -2.72. The van der Waals surface area contributed by atoms with E-state index >= 15 is 0 Å². The number of sulfone groups is 1. The smallest absolute Gasteiger partial charge is 0.325 e. The SMILES string of the molecule is COC(=O)Cn1c(=NC(=O)c2cc(C)oc2C)sc2cc(S(C)(=O)=O)ccc21. The summed E-state index contributed by atoms with van der Waals surface area (Å²) in [7, 11) is -2.14. The molecule has 1 amide bonds. The van der Waals surface area contributed by atoms with Gasteiger partial charge in [0.25, 0.3) is 5.91 Å². The molecule has 3 aromatic rings. The largest absolute Gasteiger partial charge is 0.468 e. The maximum atomic E-state index is 12.6. The van der Waals surface area contributed by atoms with E-state index in [4.69, 9.17) is 9.15 Å². The van der Waals surface area contributed by atoms with Crippen LogP contribution in [-0.4, -0.2) is 38.2 Å². The van der Waals surface area contributed by atoms with E-state index < -0.39 is 21.7 Å². The van der Waals surface area contributed by atoms with Gasteiger partial charge < -0.3 is 13.7 Å². The molecule has 0 aliphatic heterocycles. The highest BCUT2D eigenvalue weighted by Gasteiger charge is 2.17. The van der Waals surface area contributed by atoms with Gasteiger partial charge in [0.2, 0.25) is 0 Å². The van der Waals surface area contributed by atoms with Gasteiger partial charge in [-0.25, -0.2) is 8.42 Å². The molecule has 0 spiro atoms. The predicted octanol–water partition coefficient (Wildman–Crippen LogP) is 2.23. The van der Waals surface area contributed by atoms with Crippen molar-refractivity contribution in [3.05, 3.63) is 46.2 Å². The van der Waals surface area contributed by atoms with E-state index in [1.165, 1.54) is 23.8 Å². The number of fused-ring (bicyclic) bond motifs is 1. The van der Waals surface area contributed by atoms with E-state index in [1.807, 2.05) is 0 Å². The Bertz CT molecular complexity index is 1260. The molecule has 2 heterocycles. The van der Waals surface area contributed by atoms with Gasteiger partial charge in [-0.1, -0.05) is 11.3 Å². The zero-order valence-electron chi connectivity index (χ0n) is 15.7. The standard InChI is InChI=1S/C18H18N2O6S2/c1-10-7-13(11(2)26-10)17(22)19-18-20(9-16(21)25-3)14-6-5-12(28(4,23)24)8-15(14)27-18/h5-8H,9H2,1-4H3. The van der Waals surface area contributed by atoms with Gasteiger partial charge in [0, 0.05) is 6.26 Å². The molecule has 0 fully saturated rings. The van der Waals surface area contributed by atoms with Crippen molar-refractivity contribution in [3.63, 3.8) is 0 Å². The molecule has 0 bridgehead atoms. The fraction of sp³-hybridized carbons (Fsp3) is 0.278. The number of thiazole rings is 1. The van der Waals surface area contributed by atoms with Crippen LogP contribution in [0.15, 0.2) is 38.6 Å². The van der Waals surface area contributed by atoms with Crippen molar-refractivity contribution >= 4 is 43.3 Å². The highest BCUT2D eigenvalue weighted by molar-refractivity contribution is 7.90. The predicted molar refractivity (Wildman–Crippen MR) is 103 cm³/mol. The van der Waals surface area contributed by atoms with Crippen molar-refractivity contribution in [2.24, 2.45) is 4.99 Å². The van der Waals surface area contributed by atoms with Gasteiger partial charge in [0.1, 0.15) is 18.1 Å². The molecule has 0 atom stereocenters. The monoisotopic (exact) mass is 422 g/mol. The summed E-state index contributed by atoms with van der Waals surface area (Å²) >= 11 is 1.11. The number of hydrogen-bond acceptors (Lipinski definition) is 7. The Labute approximate surface area is 165 Å². The third-order valence-corrected chi connectivity index (χ3v) is 6.22. The molecule has 0 aliphatic rings. The Kier molecular flexibility index (Phi) is 5.26. The van der Waals surface area contributed by atoms with E-state index in [1.54, 1.807) is 26.0 Å². The van der Waals surface area contributed by atoms with Crippen molar-refractivity contribution in [1.29, 1.82) is 0 Å². The fourth-order valence-electron chi connectivity index (χ4n) is 2.71. The lowest BCUT2D eigenvalue weighted by atomic mass is 10.2. The van der Waals surface area contributed by atoms with Crippen LogP contribution in [0.2, 0.25) is 0 Å². The molecular formula is C18H18N2O6S2. The van der Waals surface area contributed by atoms with E-state index in [0.29, 0.717) is 27.3 Å². The Morgan fingerprint density at radius 1 is 1.25 bits per heavy atom. The summed E-state index contributed by atoms with van der Waals surface area (Å²) in [6, 6.07) is 6.13. The number of hydrogen-bond donors (Lipinski definition) is 0. The van der Waals surface area contributed by atoms with Crippen molar-refractivity contribution in [2.75, 3.05) is 13.4 Å². The fourth-order valence-corrected chi connectivity index (χ4v) is 4.49. The molecule has 1 aromatic carbocycles. The van der Waals surface area contributed by atoms with E-state index in [9.17, 15) is 18.0 Å². The van der Waals surface area contributed by atoms with Crippen LogP contribution >= 0.6 is 11.3 Å². The molecule has 3 rings (SSSR count). The average molecular weight is 422 g/mol. The van der Waals surface area contributed by atoms with Crippen molar-refractivity contribution < 1.29 is 27.2 Å². The summed E-state index contributed by atoms with van der Waals surface area (Å²) in [5.41, 5.74) is 0.908. The molecule has 0 N–H and O–H groups in total. The van der Waals surface area contributed by atoms with Gasteiger partial charge in [-0.15, -0.1) is 0 Å². The lowest BCUT2D eigenvalue weighted by Crippen LogP contribution is -2.22. The lowest BCUT2D eigenvalue weighted by molar-refractivity contribution is -0.141. The molecule has 0 unspecified atom stereocenters. The average Bonchev–Trinajstić information content (AvgIpc) is 3.13. The van der Waals surface area contributed by atoms with Crippen molar-refractivity contribution in [2.45, 2.75) is 25.3 Å². The van der Waals surface area contributed by atoms with Gasteiger partial charge >= 0.3 is 5.97 Å². The topological polar surface area (TPSA) is 108 Å². The van der Waals surface area contributed by atoms with Crippen LogP contribution in [0.4, 0.5) is 0 Å². The number of ether oxygens (including phenoxy) is 1. The van der Waals surface area contributed by atoms with Gasteiger partial charge in [0.15, 0.2) is 14.6 Å². The number of carbonyl (C=O) groups is 2. The maximum absolute atomic E-state index is 12.6. The highest BCUT2D eigenvalue weighted by Crippen LogP contribution is 2.22. The van der Waals surface area contributed by atoms with Crippen LogP contribution in [0.3, 0.4) is 0 Å². The van der Waals surface area contributed by atoms with Crippen LogP contribution < -0.4 is 4.80 Å². The first kappa shape index (κ1) is 20.0. The Balaban J connectivity index is 2.21. The molecule has 0 saturated heterocycles. The number of aryl methyl sites for hydroxylation is 2. The molecule has 0 saturated carbocycles. The van der Waals surface area contributed by atoms with Gasteiger partial charge in [-0.3, -0.25) is 9.59 Å². The number of benzene rings is 1. The third-order valence-electron chi connectivity index (χ3n) is 4.07. The third kappa shape index (κ3) is 3.92. The number of carbonyl (C=O) groups excluding carboxylic acids is 2. The summed E-state index contributed by atoms with van der Waals surface area (Å²) in [5, 5.41) is 0. The van der Waals surface area contributed by atoms with Crippen LogP contribution in [0.5, 0.6) is 0 Å². The molecule has 148 valence electrons. The normalized spacial score (nSPS) is 12.5. The van der Waals surface area contributed by atoms with E-state index in [0.717, 1.165) is 17.6 Å². The van der Waals surface area contributed by atoms with Crippen LogP contribution in [0.25, 0.3) is 10.2 Å². The number of aromatic nitrogens is 1. The van der Waals surface area contributed by atoms with Gasteiger partial charge in [-0.2, -0.15) is 4.99 Å². The first-order chi connectivity index (χ1) is 13.1. The second-order valence-corrected chi connectivity index (χ2v) is 9.22. The molecule has 0 radical (unpaired) electrons. The highest BCUT2D eigenvalue weighted by atomic mass is 32.2. The maximum Gasteiger partial charge on any atom is 0.325 e. The molecule has 0 aliphatic carbocycles. The number of esters is 1. The Morgan fingerprint density at radius 2 is 1.96 bits per heavy atom. The summed E-state index contributed by atoms with van der Waals surface area (Å²) in [6.07, 6.45) is 1.11. The molecule has 10 heteroatoms. The second-order valence-electron chi connectivity index (χ2n) is 6.19. The molecule has 28 heavy (non-hydrogen) atoms. The summed E-state index contributed by atoms with van der Waals surface area (Å²) in [6.45, 7) is 3.24. The minimum atomic E-state index is -3.40. The van der Waals surface area contributed by atoms with Crippen molar-refractivity contribution in [1.82, 2.24) is 4.57 Å². The zero-order valence-corrected chi connectivity index (χ0v) is 17.3. The molecule has 2 aromatic heterocycles. The van der Waals surface area contributed by atoms with Gasteiger partial charge in [-0.05, 0) is 38.1 Å². The summed E-state index contributed by atoms with van der Waals surface area (Å²) < 4.78 is 35.9.